The van der Waals surface area contributed by atoms with Crippen LogP contribution in [0.2, 0.25) is 0 Å². The van der Waals surface area contributed by atoms with Crippen molar-refractivity contribution in [3.05, 3.63) is 65.5 Å². The van der Waals surface area contributed by atoms with Gasteiger partial charge < -0.3 is 19.5 Å². The normalized spacial score (nSPS) is 18.3. The molecule has 1 aliphatic heterocycles. The SMILES string of the molecule is COCCCN1C(=O)C(=O)/C(=C(\O)c2ccncc2)C1c1cccc(OC(C)C)c1. The molecule has 1 aromatic carbocycles. The van der Waals surface area contributed by atoms with E-state index < -0.39 is 17.7 Å². The lowest BCUT2D eigenvalue weighted by atomic mass is 9.95. The fourth-order valence-electron chi connectivity index (χ4n) is 3.53. The zero-order chi connectivity index (χ0) is 21.7. The van der Waals surface area contributed by atoms with Crippen LogP contribution in [-0.2, 0) is 14.3 Å². The maximum Gasteiger partial charge on any atom is 0.295 e. The highest BCUT2D eigenvalue weighted by atomic mass is 16.5. The number of rotatable bonds is 8. The highest BCUT2D eigenvalue weighted by Crippen LogP contribution is 2.40. The van der Waals surface area contributed by atoms with Gasteiger partial charge in [0.2, 0.25) is 0 Å². The van der Waals surface area contributed by atoms with Crippen molar-refractivity contribution in [1.29, 1.82) is 0 Å². The number of nitrogens with zero attached hydrogens (tertiary/aromatic N) is 2. The Labute approximate surface area is 175 Å². The number of ketones is 1. The summed E-state index contributed by atoms with van der Waals surface area (Å²) in [6.07, 6.45) is 3.59. The molecule has 7 nitrogen and oxygen atoms in total. The number of amides is 1. The van der Waals surface area contributed by atoms with Crippen molar-refractivity contribution in [2.24, 2.45) is 0 Å². The molecule has 1 saturated heterocycles. The fourth-order valence-corrected chi connectivity index (χ4v) is 3.53. The summed E-state index contributed by atoms with van der Waals surface area (Å²) in [6.45, 7) is 4.63. The zero-order valence-electron chi connectivity index (χ0n) is 17.4. The molecule has 158 valence electrons. The van der Waals surface area contributed by atoms with Crippen molar-refractivity contribution in [2.45, 2.75) is 32.4 Å². The van der Waals surface area contributed by atoms with Gasteiger partial charge in [0.05, 0.1) is 17.7 Å². The van der Waals surface area contributed by atoms with Gasteiger partial charge in [0, 0.05) is 38.2 Å². The number of ether oxygens (including phenoxy) is 2. The van der Waals surface area contributed by atoms with E-state index >= 15 is 0 Å². The Morgan fingerprint density at radius 3 is 2.60 bits per heavy atom. The predicted octanol–water partition coefficient (Wildman–Crippen LogP) is 3.33. The number of benzene rings is 1. The zero-order valence-corrected chi connectivity index (χ0v) is 17.4. The van der Waals surface area contributed by atoms with Gasteiger partial charge in [-0.1, -0.05) is 12.1 Å². The first kappa shape index (κ1) is 21.5. The molecule has 0 aliphatic carbocycles. The molecule has 1 aliphatic rings. The molecule has 0 radical (unpaired) electrons. The molecule has 0 spiro atoms. The number of aliphatic hydroxyl groups is 1. The minimum atomic E-state index is -0.717. The van der Waals surface area contributed by atoms with Crippen molar-refractivity contribution in [3.63, 3.8) is 0 Å². The van der Waals surface area contributed by atoms with Crippen molar-refractivity contribution >= 4 is 17.4 Å². The van der Waals surface area contributed by atoms with E-state index in [0.717, 1.165) is 0 Å². The third kappa shape index (κ3) is 4.52. The van der Waals surface area contributed by atoms with E-state index in [2.05, 4.69) is 4.98 Å². The fraction of sp³-hybridized carbons (Fsp3) is 0.348. The highest BCUT2D eigenvalue weighted by Gasteiger charge is 2.45. The number of hydrogen-bond donors (Lipinski definition) is 1. The smallest absolute Gasteiger partial charge is 0.295 e. The van der Waals surface area contributed by atoms with Crippen LogP contribution in [0.15, 0.2) is 54.4 Å². The summed E-state index contributed by atoms with van der Waals surface area (Å²) < 4.78 is 10.9. The second kappa shape index (κ2) is 9.54. The summed E-state index contributed by atoms with van der Waals surface area (Å²) in [5.74, 6) is -0.928. The number of hydrogen-bond acceptors (Lipinski definition) is 6. The van der Waals surface area contributed by atoms with Gasteiger partial charge in [-0.15, -0.1) is 0 Å². The molecule has 1 fully saturated rings. The number of pyridine rings is 1. The Morgan fingerprint density at radius 1 is 1.20 bits per heavy atom. The summed E-state index contributed by atoms with van der Waals surface area (Å²) in [7, 11) is 1.59. The lowest BCUT2D eigenvalue weighted by Gasteiger charge is -2.25. The summed E-state index contributed by atoms with van der Waals surface area (Å²) in [4.78, 5) is 31.2. The molecule has 1 N–H and O–H groups in total. The molecule has 30 heavy (non-hydrogen) atoms. The van der Waals surface area contributed by atoms with Gasteiger partial charge >= 0.3 is 0 Å². The lowest BCUT2D eigenvalue weighted by molar-refractivity contribution is -0.140. The van der Waals surface area contributed by atoms with E-state index in [4.69, 9.17) is 9.47 Å². The number of aliphatic hydroxyl groups excluding tert-OH is 1. The van der Waals surface area contributed by atoms with Gasteiger partial charge in [-0.3, -0.25) is 14.6 Å². The first-order valence-electron chi connectivity index (χ1n) is 9.88. The van der Waals surface area contributed by atoms with Gasteiger partial charge in [0.25, 0.3) is 11.7 Å². The van der Waals surface area contributed by atoms with Gasteiger partial charge in [0.1, 0.15) is 11.5 Å². The summed E-state index contributed by atoms with van der Waals surface area (Å²) in [6, 6.07) is 9.75. The standard InChI is InChI=1S/C23H26N2O5/c1-15(2)30-18-7-4-6-17(14-18)20-19(21(26)16-8-10-24-11-9-16)22(27)23(28)25(20)12-5-13-29-3/h4,6-11,14-15,20,26H,5,12-13H2,1-3H3/b21-19-. The van der Waals surface area contributed by atoms with E-state index in [9.17, 15) is 14.7 Å². The topological polar surface area (TPSA) is 89.0 Å². The van der Waals surface area contributed by atoms with Crippen LogP contribution in [0.3, 0.4) is 0 Å². The summed E-state index contributed by atoms with van der Waals surface area (Å²) >= 11 is 0. The minimum Gasteiger partial charge on any atom is -0.507 e. The van der Waals surface area contributed by atoms with Crippen LogP contribution >= 0.6 is 0 Å². The Hall–Kier alpha value is -3.19. The van der Waals surface area contributed by atoms with Crippen LogP contribution in [0.4, 0.5) is 0 Å². The molecule has 1 aromatic heterocycles. The van der Waals surface area contributed by atoms with Crippen LogP contribution in [-0.4, -0.2) is 53.0 Å². The molecule has 1 atom stereocenters. The molecular formula is C23H26N2O5. The number of methoxy groups -OCH3 is 1. The van der Waals surface area contributed by atoms with Crippen LogP contribution in [0, 0.1) is 0 Å². The van der Waals surface area contributed by atoms with Crippen molar-refractivity contribution in [2.75, 3.05) is 20.3 Å². The average Bonchev–Trinajstić information content (AvgIpc) is 2.99. The van der Waals surface area contributed by atoms with Gasteiger partial charge in [-0.25, -0.2) is 0 Å². The lowest BCUT2D eigenvalue weighted by Crippen LogP contribution is -2.31. The second-order valence-electron chi connectivity index (χ2n) is 7.31. The monoisotopic (exact) mass is 410 g/mol. The van der Waals surface area contributed by atoms with Gasteiger partial charge in [0.15, 0.2) is 0 Å². The Kier molecular flexibility index (Phi) is 6.84. The van der Waals surface area contributed by atoms with Crippen LogP contribution in [0.25, 0.3) is 5.76 Å². The molecular weight excluding hydrogens is 384 g/mol. The first-order valence-corrected chi connectivity index (χ1v) is 9.88. The maximum absolute atomic E-state index is 12.9. The molecule has 2 aromatic rings. The summed E-state index contributed by atoms with van der Waals surface area (Å²) in [5.41, 5.74) is 1.19. The number of likely N-dealkylation sites (tertiary alicyclic amines) is 1. The minimum absolute atomic E-state index is 0.0230. The Bertz CT molecular complexity index is 940. The molecule has 0 bridgehead atoms. The Balaban J connectivity index is 2.10. The third-order valence-corrected chi connectivity index (χ3v) is 4.79. The molecule has 2 heterocycles. The molecule has 1 unspecified atom stereocenters. The van der Waals surface area contributed by atoms with Crippen molar-refractivity contribution in [3.8, 4) is 5.75 Å². The molecule has 7 heteroatoms. The number of carbonyl (C=O) groups is 2. The third-order valence-electron chi connectivity index (χ3n) is 4.79. The molecule has 1 amide bonds. The van der Waals surface area contributed by atoms with E-state index in [1.807, 2.05) is 32.0 Å². The van der Waals surface area contributed by atoms with E-state index in [-0.39, 0.29) is 17.4 Å². The molecule has 3 rings (SSSR count). The largest absolute Gasteiger partial charge is 0.507 e. The van der Waals surface area contributed by atoms with Gasteiger partial charge in [-0.05, 0) is 50.1 Å². The molecule has 0 saturated carbocycles. The highest BCUT2D eigenvalue weighted by molar-refractivity contribution is 6.46. The Morgan fingerprint density at radius 2 is 1.93 bits per heavy atom. The van der Waals surface area contributed by atoms with E-state index in [1.165, 1.54) is 17.3 Å². The number of Topliss-reactive ketones (excluding diaryl/α,β-unsaturated/α-hetero) is 1. The van der Waals surface area contributed by atoms with Gasteiger partial charge in [-0.2, -0.15) is 0 Å². The quantitative estimate of drug-likeness (QED) is 0.311. The number of aromatic nitrogens is 1. The first-order chi connectivity index (χ1) is 14.4. The van der Waals surface area contributed by atoms with E-state index in [1.54, 1.807) is 25.3 Å². The van der Waals surface area contributed by atoms with E-state index in [0.29, 0.717) is 36.4 Å². The van der Waals surface area contributed by atoms with Crippen molar-refractivity contribution < 1.29 is 24.2 Å². The average molecular weight is 410 g/mol. The predicted molar refractivity (Wildman–Crippen MR) is 112 cm³/mol. The van der Waals surface area contributed by atoms with Crippen LogP contribution < -0.4 is 4.74 Å². The summed E-state index contributed by atoms with van der Waals surface area (Å²) in [5, 5.41) is 10.9. The number of carbonyl (C=O) groups excluding carboxylic acids is 2. The van der Waals surface area contributed by atoms with Crippen LogP contribution in [0.1, 0.15) is 37.4 Å². The second-order valence-corrected chi connectivity index (χ2v) is 7.31. The maximum atomic E-state index is 12.9. The van der Waals surface area contributed by atoms with Crippen molar-refractivity contribution in [1.82, 2.24) is 9.88 Å². The van der Waals surface area contributed by atoms with Crippen LogP contribution in [0.5, 0.6) is 5.75 Å².